The van der Waals surface area contributed by atoms with Gasteiger partial charge < -0.3 is 10.1 Å². The third kappa shape index (κ3) is 4.78. The lowest BCUT2D eigenvalue weighted by atomic mass is 10.3. The molecule has 10 heteroatoms. The molecule has 32 heavy (non-hydrogen) atoms. The molecule has 164 valence electrons. The van der Waals surface area contributed by atoms with Gasteiger partial charge in [-0.2, -0.15) is 0 Å². The number of rotatable bonds is 7. The highest BCUT2D eigenvalue weighted by Gasteiger charge is 2.18. The Morgan fingerprint density at radius 3 is 2.72 bits per heavy atom. The molecule has 0 aliphatic heterocycles. The number of thiophene rings is 1. The van der Waals surface area contributed by atoms with E-state index in [1.165, 1.54) is 15.9 Å². The molecule has 0 bridgehead atoms. The Morgan fingerprint density at radius 1 is 1.19 bits per heavy atom. The molecule has 0 saturated carbocycles. The van der Waals surface area contributed by atoms with E-state index < -0.39 is 0 Å². The predicted molar refractivity (Wildman–Crippen MR) is 132 cm³/mol. The summed E-state index contributed by atoms with van der Waals surface area (Å²) in [5.74, 6) is 0.547. The van der Waals surface area contributed by atoms with Crippen LogP contribution in [0.1, 0.15) is 6.92 Å². The lowest BCUT2D eigenvalue weighted by Gasteiger charge is -2.14. The number of fused-ring (bicyclic) bond motifs is 1. The van der Waals surface area contributed by atoms with Gasteiger partial charge in [0.15, 0.2) is 5.16 Å². The molecule has 0 fully saturated rings. The quantitative estimate of drug-likeness (QED) is 0.250. The zero-order valence-corrected chi connectivity index (χ0v) is 19.9. The van der Waals surface area contributed by atoms with E-state index in [4.69, 9.17) is 27.9 Å². The molecule has 4 aromatic rings. The predicted octanol–water partition coefficient (Wildman–Crippen LogP) is 5.88. The van der Waals surface area contributed by atoms with Gasteiger partial charge in [0.25, 0.3) is 5.56 Å². The average molecular weight is 506 g/mol. The zero-order valence-electron chi connectivity index (χ0n) is 16.8. The molecule has 0 aliphatic carbocycles. The largest absolute Gasteiger partial charge is 0.494 e. The molecular formula is C22H17Cl2N3O3S2. The van der Waals surface area contributed by atoms with E-state index in [0.717, 1.165) is 17.5 Å². The SMILES string of the molecule is CCOc1ccc(NC(=O)CSc2nc3ccsc3c(=O)n2-c2cccc(Cl)c2Cl)cc1. The van der Waals surface area contributed by atoms with Crippen LogP contribution in [0.2, 0.25) is 10.0 Å². The van der Waals surface area contributed by atoms with Crippen molar-refractivity contribution in [3.05, 3.63) is 74.3 Å². The van der Waals surface area contributed by atoms with Crippen molar-refractivity contribution in [2.75, 3.05) is 17.7 Å². The van der Waals surface area contributed by atoms with Gasteiger partial charge in [0, 0.05) is 5.69 Å². The average Bonchev–Trinajstić information content (AvgIpc) is 3.25. The van der Waals surface area contributed by atoms with Crippen molar-refractivity contribution in [2.24, 2.45) is 0 Å². The normalized spacial score (nSPS) is 11.0. The number of thioether (sulfide) groups is 1. The van der Waals surface area contributed by atoms with Crippen LogP contribution in [-0.4, -0.2) is 27.8 Å². The van der Waals surface area contributed by atoms with E-state index in [9.17, 15) is 9.59 Å². The monoisotopic (exact) mass is 505 g/mol. The lowest BCUT2D eigenvalue weighted by molar-refractivity contribution is -0.113. The molecule has 0 radical (unpaired) electrons. The summed E-state index contributed by atoms with van der Waals surface area (Å²) in [6.45, 7) is 2.48. The second-order valence-electron chi connectivity index (χ2n) is 6.54. The second kappa shape index (κ2) is 9.95. The maximum absolute atomic E-state index is 13.2. The van der Waals surface area contributed by atoms with Crippen LogP contribution in [0.3, 0.4) is 0 Å². The number of benzene rings is 2. The third-order valence-corrected chi connectivity index (χ3v) is 7.04. The molecule has 2 aromatic carbocycles. The van der Waals surface area contributed by atoms with Crippen LogP contribution < -0.4 is 15.6 Å². The first-order valence-corrected chi connectivity index (χ1v) is 12.2. The Bertz CT molecular complexity index is 1340. The number of nitrogens with one attached hydrogen (secondary N) is 1. The Kier molecular flexibility index (Phi) is 7.05. The molecule has 6 nitrogen and oxygen atoms in total. The van der Waals surface area contributed by atoms with Gasteiger partial charge in [-0.1, -0.05) is 41.0 Å². The molecule has 2 aromatic heterocycles. The smallest absolute Gasteiger partial charge is 0.276 e. The van der Waals surface area contributed by atoms with E-state index in [1.54, 1.807) is 53.9 Å². The summed E-state index contributed by atoms with van der Waals surface area (Å²) in [7, 11) is 0. The van der Waals surface area contributed by atoms with Crippen molar-refractivity contribution in [3.8, 4) is 11.4 Å². The van der Waals surface area contributed by atoms with Crippen LogP contribution in [0.15, 0.2) is 63.9 Å². The molecule has 2 heterocycles. The van der Waals surface area contributed by atoms with Crippen molar-refractivity contribution in [1.29, 1.82) is 0 Å². The summed E-state index contributed by atoms with van der Waals surface area (Å²) in [6.07, 6.45) is 0. The minimum absolute atomic E-state index is 0.0491. The van der Waals surface area contributed by atoms with Gasteiger partial charge in [-0.05, 0) is 54.8 Å². The van der Waals surface area contributed by atoms with Gasteiger partial charge in [-0.25, -0.2) is 4.98 Å². The fourth-order valence-corrected chi connectivity index (χ4v) is 4.94. The number of carbonyl (C=O) groups excluding carboxylic acids is 1. The first kappa shape index (κ1) is 22.7. The minimum Gasteiger partial charge on any atom is -0.494 e. The van der Waals surface area contributed by atoms with Crippen molar-refractivity contribution < 1.29 is 9.53 Å². The minimum atomic E-state index is -0.261. The molecule has 1 amide bonds. The van der Waals surface area contributed by atoms with Gasteiger partial charge in [-0.15, -0.1) is 11.3 Å². The first-order chi connectivity index (χ1) is 15.5. The lowest BCUT2D eigenvalue weighted by Crippen LogP contribution is -2.22. The van der Waals surface area contributed by atoms with Gasteiger partial charge in [0.2, 0.25) is 5.91 Å². The maximum Gasteiger partial charge on any atom is 0.276 e. The zero-order chi connectivity index (χ0) is 22.7. The molecular weight excluding hydrogens is 489 g/mol. The van der Waals surface area contributed by atoms with Crippen LogP contribution >= 0.6 is 46.3 Å². The van der Waals surface area contributed by atoms with Gasteiger partial charge in [0.1, 0.15) is 10.4 Å². The van der Waals surface area contributed by atoms with E-state index in [-0.39, 0.29) is 22.2 Å². The van der Waals surface area contributed by atoms with Crippen LogP contribution in [0.5, 0.6) is 5.75 Å². The number of halogens is 2. The number of hydrogen-bond acceptors (Lipinski definition) is 6. The molecule has 4 rings (SSSR count). The highest BCUT2D eigenvalue weighted by Crippen LogP contribution is 2.31. The molecule has 0 unspecified atom stereocenters. The number of ether oxygens (including phenoxy) is 1. The Labute approximate surface area is 202 Å². The van der Waals surface area contributed by atoms with E-state index in [0.29, 0.717) is 38.4 Å². The third-order valence-electron chi connectivity index (χ3n) is 4.40. The van der Waals surface area contributed by atoms with Crippen molar-refractivity contribution in [3.63, 3.8) is 0 Å². The van der Waals surface area contributed by atoms with E-state index in [1.807, 2.05) is 6.92 Å². The number of nitrogens with zero attached hydrogens (tertiary/aromatic N) is 2. The molecule has 1 N–H and O–H groups in total. The van der Waals surface area contributed by atoms with Crippen LogP contribution in [0.25, 0.3) is 15.9 Å². The number of carbonyl (C=O) groups is 1. The summed E-state index contributed by atoms with van der Waals surface area (Å²) in [5.41, 5.74) is 1.38. The first-order valence-electron chi connectivity index (χ1n) is 9.58. The van der Waals surface area contributed by atoms with E-state index >= 15 is 0 Å². The van der Waals surface area contributed by atoms with Crippen molar-refractivity contribution in [1.82, 2.24) is 9.55 Å². The molecule has 0 saturated heterocycles. The van der Waals surface area contributed by atoms with Gasteiger partial charge in [0.05, 0.1) is 33.6 Å². The standard InChI is InChI=1S/C22H17Cl2N3O3S2/c1-2-30-14-8-6-13(7-9-14)25-18(28)12-32-22-26-16-10-11-31-20(16)21(29)27(22)17-5-3-4-15(23)19(17)24/h3-11H,2,12H2,1H3,(H,25,28). The highest BCUT2D eigenvalue weighted by atomic mass is 35.5. The Balaban J connectivity index is 1.60. The Morgan fingerprint density at radius 2 is 1.97 bits per heavy atom. The van der Waals surface area contributed by atoms with Crippen LogP contribution in [0, 0.1) is 0 Å². The van der Waals surface area contributed by atoms with Crippen molar-refractivity contribution in [2.45, 2.75) is 12.1 Å². The Hall–Kier alpha value is -2.52. The summed E-state index contributed by atoms with van der Waals surface area (Å²) < 4.78 is 7.32. The van der Waals surface area contributed by atoms with Crippen LogP contribution in [0.4, 0.5) is 5.69 Å². The van der Waals surface area contributed by atoms with Crippen LogP contribution in [-0.2, 0) is 4.79 Å². The van der Waals surface area contributed by atoms with E-state index in [2.05, 4.69) is 10.3 Å². The van der Waals surface area contributed by atoms with Gasteiger partial charge >= 0.3 is 0 Å². The maximum atomic E-state index is 13.2. The summed E-state index contributed by atoms with van der Waals surface area (Å²) in [4.78, 5) is 30.3. The topological polar surface area (TPSA) is 73.2 Å². The number of aromatic nitrogens is 2. The molecule has 0 aliphatic rings. The number of hydrogen-bond donors (Lipinski definition) is 1. The summed E-state index contributed by atoms with van der Waals surface area (Å²) in [5, 5.41) is 5.56. The number of amides is 1. The fourth-order valence-electron chi connectivity index (χ4n) is 2.99. The molecule has 0 spiro atoms. The fraction of sp³-hybridized carbons (Fsp3) is 0.136. The summed E-state index contributed by atoms with van der Waals surface area (Å²) in [6, 6.07) is 13.9. The van der Waals surface area contributed by atoms with Gasteiger partial charge in [-0.3, -0.25) is 14.2 Å². The molecule has 0 atom stereocenters. The van der Waals surface area contributed by atoms with Crippen molar-refractivity contribution >= 4 is 68.1 Å². The number of anilines is 1. The summed E-state index contributed by atoms with van der Waals surface area (Å²) >= 11 is 15.0. The second-order valence-corrected chi connectivity index (χ2v) is 9.18. The highest BCUT2D eigenvalue weighted by molar-refractivity contribution is 7.99.